The second-order valence-corrected chi connectivity index (χ2v) is 11.9. The summed E-state index contributed by atoms with van der Waals surface area (Å²) in [4.78, 5) is 31.2. The van der Waals surface area contributed by atoms with Crippen LogP contribution in [-0.2, 0) is 23.9 Å². The smallest absolute Gasteiger partial charge is 0.418 e. The van der Waals surface area contributed by atoms with Crippen molar-refractivity contribution in [2.75, 3.05) is 36.4 Å². The van der Waals surface area contributed by atoms with Crippen molar-refractivity contribution in [1.82, 2.24) is 4.90 Å². The van der Waals surface area contributed by atoms with Crippen LogP contribution in [-0.4, -0.2) is 37.0 Å². The minimum atomic E-state index is -4.76. The number of anilines is 2. The quantitative estimate of drug-likeness (QED) is 0.172. The fourth-order valence-electron chi connectivity index (χ4n) is 5.78. The van der Waals surface area contributed by atoms with Gasteiger partial charge in [0, 0.05) is 65.5 Å². The van der Waals surface area contributed by atoms with Crippen molar-refractivity contribution in [1.29, 1.82) is 0 Å². The van der Waals surface area contributed by atoms with E-state index in [1.165, 1.54) is 11.8 Å². The Morgan fingerprint density at radius 2 is 1.53 bits per heavy atom. The first kappa shape index (κ1) is 34.3. The lowest BCUT2D eigenvalue weighted by Gasteiger charge is -2.36. The highest BCUT2D eigenvalue weighted by molar-refractivity contribution is 6.32. The Kier molecular flexibility index (Phi) is 10.5. The molecule has 0 radical (unpaired) electrons. The summed E-state index contributed by atoms with van der Waals surface area (Å²) in [6.45, 7) is 3.88. The van der Waals surface area contributed by atoms with Gasteiger partial charge in [-0.25, -0.2) is 4.79 Å². The van der Waals surface area contributed by atoms with Crippen molar-refractivity contribution in [2.45, 2.75) is 19.1 Å². The van der Waals surface area contributed by atoms with E-state index < -0.39 is 35.4 Å². The first-order valence-corrected chi connectivity index (χ1v) is 15.3. The third-order valence-electron chi connectivity index (χ3n) is 8.02. The summed E-state index contributed by atoms with van der Waals surface area (Å²) in [5, 5.41) is 3.19. The van der Waals surface area contributed by atoms with Gasteiger partial charge < -0.3 is 14.6 Å². The van der Waals surface area contributed by atoms with Crippen molar-refractivity contribution in [3.63, 3.8) is 0 Å². The van der Waals surface area contributed by atoms with E-state index in [0.717, 1.165) is 43.9 Å². The molecule has 0 aliphatic carbocycles. The predicted octanol–water partition coefficient (Wildman–Crippen LogP) is 8.71. The Morgan fingerprint density at radius 1 is 0.872 bits per heavy atom. The molecule has 5 aromatic rings. The second-order valence-electron chi connectivity index (χ2n) is 11.1. The minimum absolute atomic E-state index is 0. The Bertz CT molecular complexity index is 1950. The molecule has 1 fully saturated rings. The van der Waals surface area contributed by atoms with Gasteiger partial charge in [0.1, 0.15) is 5.58 Å². The summed E-state index contributed by atoms with van der Waals surface area (Å²) >= 11 is 12.5. The van der Waals surface area contributed by atoms with Crippen molar-refractivity contribution in [3.05, 3.63) is 128 Å². The highest BCUT2D eigenvalue weighted by Gasteiger charge is 2.34. The zero-order valence-corrected chi connectivity index (χ0v) is 27.1. The van der Waals surface area contributed by atoms with Crippen LogP contribution in [0.1, 0.15) is 16.7 Å². The minimum Gasteiger partial charge on any atom is -0.422 e. The molecule has 0 bridgehead atoms. The molecule has 1 saturated heterocycles. The lowest BCUT2D eigenvalue weighted by molar-refractivity contribution is -0.137. The standard InChI is InChI=1S/C35H28Cl2F3N3O3.ClH/c36-24-11-12-30(28(18-24)35(38,39)40)41-32(44)19-27-33(22-7-3-1-4-8-22)26-17-23(29(37)20-31(26)46-34(27)45)21-42-13-15-43(16-14-42)25-9-5-2-6-10-25;/h1-12,17-18,20H,13-16,19,21H2,(H,41,44);1H. The van der Waals surface area contributed by atoms with E-state index in [1.54, 1.807) is 30.3 Å². The van der Waals surface area contributed by atoms with Crippen LogP contribution in [0.2, 0.25) is 10.0 Å². The summed E-state index contributed by atoms with van der Waals surface area (Å²) in [5.41, 5.74) is 1.03. The number of rotatable bonds is 7. The number of carbonyl (C=O) groups excluding carboxylic acids is 1. The zero-order chi connectivity index (χ0) is 32.4. The van der Waals surface area contributed by atoms with Gasteiger partial charge in [0.05, 0.1) is 23.2 Å². The molecule has 1 aromatic heterocycles. The normalized spacial score (nSPS) is 13.8. The average Bonchev–Trinajstić information content (AvgIpc) is 3.04. The van der Waals surface area contributed by atoms with Gasteiger partial charge in [0.2, 0.25) is 5.91 Å². The SMILES string of the molecule is Cl.O=C(Cc1c(-c2ccccc2)c2cc(CN3CCN(c4ccccc4)CC3)c(Cl)cc2oc1=O)Nc1ccc(Cl)cc1C(F)(F)F. The van der Waals surface area contributed by atoms with Crippen molar-refractivity contribution >= 4 is 63.9 Å². The van der Waals surface area contributed by atoms with Gasteiger partial charge >= 0.3 is 11.8 Å². The summed E-state index contributed by atoms with van der Waals surface area (Å²) in [6.07, 6.45) is -5.28. The van der Waals surface area contributed by atoms with Gasteiger partial charge in [-0.15, -0.1) is 12.4 Å². The summed E-state index contributed by atoms with van der Waals surface area (Å²) in [7, 11) is 0. The van der Waals surface area contributed by atoms with Crippen LogP contribution >= 0.6 is 35.6 Å². The Hall–Kier alpha value is -4.02. The molecule has 6 rings (SSSR count). The molecular weight excluding hydrogens is 674 g/mol. The lowest BCUT2D eigenvalue weighted by Crippen LogP contribution is -2.46. The molecule has 0 atom stereocenters. The highest BCUT2D eigenvalue weighted by Crippen LogP contribution is 2.38. The summed E-state index contributed by atoms with van der Waals surface area (Å²) < 4.78 is 46.7. The fourth-order valence-corrected chi connectivity index (χ4v) is 6.17. The molecule has 12 heteroatoms. The third kappa shape index (κ3) is 7.76. The van der Waals surface area contributed by atoms with Crippen LogP contribution in [0.25, 0.3) is 22.1 Å². The van der Waals surface area contributed by atoms with Crippen molar-refractivity contribution in [2.24, 2.45) is 0 Å². The average molecular weight is 703 g/mol. The molecule has 1 N–H and O–H groups in total. The molecule has 0 unspecified atom stereocenters. The van der Waals surface area contributed by atoms with Gasteiger partial charge in [-0.05, 0) is 47.5 Å². The molecule has 0 saturated carbocycles. The molecule has 1 aliphatic heterocycles. The molecule has 244 valence electrons. The van der Waals surface area contributed by atoms with E-state index in [2.05, 4.69) is 27.2 Å². The summed E-state index contributed by atoms with van der Waals surface area (Å²) in [5.74, 6) is -0.817. The van der Waals surface area contributed by atoms with Crippen molar-refractivity contribution in [3.8, 4) is 11.1 Å². The maximum absolute atomic E-state index is 13.7. The number of benzene rings is 4. The molecule has 6 nitrogen and oxygen atoms in total. The number of para-hydroxylation sites is 1. The molecule has 2 heterocycles. The van der Waals surface area contributed by atoms with Crippen LogP contribution in [0.4, 0.5) is 24.5 Å². The largest absolute Gasteiger partial charge is 0.422 e. The number of amides is 1. The maximum atomic E-state index is 13.7. The van der Waals surface area contributed by atoms with Crippen LogP contribution in [0.5, 0.6) is 0 Å². The lowest BCUT2D eigenvalue weighted by atomic mass is 9.94. The van der Waals surface area contributed by atoms with Gasteiger partial charge in [-0.1, -0.05) is 71.7 Å². The zero-order valence-electron chi connectivity index (χ0n) is 24.8. The van der Waals surface area contributed by atoms with Crippen LogP contribution in [0.15, 0.2) is 100 Å². The molecule has 47 heavy (non-hydrogen) atoms. The van der Waals surface area contributed by atoms with E-state index in [0.29, 0.717) is 28.1 Å². The number of hydrogen-bond donors (Lipinski definition) is 1. The number of halogens is 6. The fraction of sp³-hybridized carbons (Fsp3) is 0.200. The number of nitrogens with one attached hydrogen (secondary N) is 1. The number of fused-ring (bicyclic) bond motifs is 1. The first-order chi connectivity index (χ1) is 22.1. The van der Waals surface area contributed by atoms with Gasteiger partial charge in [0.15, 0.2) is 0 Å². The highest BCUT2D eigenvalue weighted by atomic mass is 35.5. The van der Waals surface area contributed by atoms with E-state index in [-0.39, 0.29) is 28.6 Å². The number of alkyl halides is 3. The van der Waals surface area contributed by atoms with E-state index in [4.69, 9.17) is 27.6 Å². The number of carbonyl (C=O) groups is 1. The topological polar surface area (TPSA) is 65.8 Å². The van der Waals surface area contributed by atoms with Gasteiger partial charge in [-0.3, -0.25) is 9.69 Å². The molecule has 1 amide bonds. The first-order valence-electron chi connectivity index (χ1n) is 14.6. The Morgan fingerprint density at radius 3 is 2.19 bits per heavy atom. The second kappa shape index (κ2) is 14.4. The van der Waals surface area contributed by atoms with Crippen molar-refractivity contribution < 1.29 is 22.4 Å². The van der Waals surface area contributed by atoms with Gasteiger partial charge in [-0.2, -0.15) is 13.2 Å². The van der Waals surface area contributed by atoms with E-state index in [9.17, 15) is 22.8 Å². The monoisotopic (exact) mass is 701 g/mol. The van der Waals surface area contributed by atoms with Gasteiger partial charge in [0.25, 0.3) is 0 Å². The molecule has 4 aromatic carbocycles. The van der Waals surface area contributed by atoms with Crippen LogP contribution in [0, 0.1) is 0 Å². The maximum Gasteiger partial charge on any atom is 0.418 e. The third-order valence-corrected chi connectivity index (χ3v) is 8.60. The predicted molar refractivity (Wildman–Crippen MR) is 183 cm³/mol. The molecular formula is C35H29Cl3F3N3O3. The van der Waals surface area contributed by atoms with E-state index >= 15 is 0 Å². The number of piperazine rings is 1. The molecule has 1 aliphatic rings. The van der Waals surface area contributed by atoms with Crippen LogP contribution < -0.4 is 15.8 Å². The number of hydrogen-bond acceptors (Lipinski definition) is 5. The number of nitrogens with zero attached hydrogens (tertiary/aromatic N) is 2. The van der Waals surface area contributed by atoms with E-state index in [1.807, 2.05) is 30.3 Å². The molecule has 0 spiro atoms. The Labute approximate surface area is 285 Å². The summed E-state index contributed by atoms with van der Waals surface area (Å²) in [6, 6.07) is 25.8. The van der Waals surface area contributed by atoms with Crippen LogP contribution in [0.3, 0.4) is 0 Å². The Balaban J connectivity index is 0.00000433.